The molecule has 28 heavy (non-hydrogen) atoms. The number of rotatable bonds is 5. The number of aryl methyl sites for hydroxylation is 1. The zero-order valence-corrected chi connectivity index (χ0v) is 15.6. The van der Waals surface area contributed by atoms with Gasteiger partial charge in [-0.3, -0.25) is 9.97 Å². The van der Waals surface area contributed by atoms with Gasteiger partial charge in [0.1, 0.15) is 6.61 Å². The molecule has 0 radical (unpaired) electrons. The molecule has 1 aromatic heterocycles. The van der Waals surface area contributed by atoms with E-state index in [1.54, 1.807) is 12.4 Å². The molecule has 1 aliphatic carbocycles. The van der Waals surface area contributed by atoms with Gasteiger partial charge in [0.15, 0.2) is 0 Å². The first-order valence-electron chi connectivity index (χ1n) is 9.26. The van der Waals surface area contributed by atoms with Crippen LogP contribution in [0, 0.1) is 6.92 Å². The van der Waals surface area contributed by atoms with Crippen molar-refractivity contribution in [2.75, 3.05) is 13.2 Å². The third kappa shape index (κ3) is 3.78. The molecule has 0 fully saturated rings. The molecule has 1 amide bonds. The lowest BCUT2D eigenvalue weighted by Crippen LogP contribution is -2.26. The van der Waals surface area contributed by atoms with Gasteiger partial charge in [0.05, 0.1) is 17.6 Å². The molecular formula is C23H21N3O2. The molecule has 0 unspecified atom stereocenters. The number of amides is 1. The molecule has 4 rings (SSSR count). The summed E-state index contributed by atoms with van der Waals surface area (Å²) in [7, 11) is 0. The minimum Gasteiger partial charge on any atom is -0.449 e. The first kappa shape index (κ1) is 17.9. The van der Waals surface area contributed by atoms with E-state index in [0.717, 1.165) is 11.4 Å². The van der Waals surface area contributed by atoms with Gasteiger partial charge in [-0.1, -0.05) is 54.6 Å². The first-order valence-corrected chi connectivity index (χ1v) is 9.26. The predicted octanol–water partition coefficient (Wildman–Crippen LogP) is 4.34. The van der Waals surface area contributed by atoms with Crippen LogP contribution >= 0.6 is 0 Å². The number of aromatic nitrogens is 2. The van der Waals surface area contributed by atoms with Crippen molar-refractivity contribution in [3.05, 3.63) is 89.5 Å². The van der Waals surface area contributed by atoms with Gasteiger partial charge in [-0.25, -0.2) is 4.79 Å². The molecule has 0 atom stereocenters. The highest BCUT2D eigenvalue weighted by Crippen LogP contribution is 2.44. The molecule has 0 bridgehead atoms. The summed E-state index contributed by atoms with van der Waals surface area (Å²) in [5.41, 5.74) is 6.45. The Labute approximate surface area is 164 Å². The Hall–Kier alpha value is -3.47. The Balaban J connectivity index is 1.34. The summed E-state index contributed by atoms with van der Waals surface area (Å²) in [6, 6.07) is 16.6. The van der Waals surface area contributed by atoms with Crippen LogP contribution in [0.4, 0.5) is 4.79 Å². The number of nitrogens with zero attached hydrogens (tertiary/aromatic N) is 2. The fraction of sp³-hybridized carbons (Fsp3) is 0.174. The summed E-state index contributed by atoms with van der Waals surface area (Å²) in [6.45, 7) is 2.57. The van der Waals surface area contributed by atoms with E-state index in [-0.39, 0.29) is 5.92 Å². The van der Waals surface area contributed by atoms with Gasteiger partial charge in [-0.15, -0.1) is 0 Å². The predicted molar refractivity (Wildman–Crippen MR) is 109 cm³/mol. The number of ether oxygens (including phenoxy) is 1. The highest BCUT2D eigenvalue weighted by Gasteiger charge is 2.28. The van der Waals surface area contributed by atoms with Crippen LogP contribution in [0.2, 0.25) is 0 Å². The lowest BCUT2D eigenvalue weighted by molar-refractivity contribution is 0.144. The van der Waals surface area contributed by atoms with E-state index in [1.807, 2.05) is 43.3 Å². The van der Waals surface area contributed by atoms with Crippen LogP contribution in [-0.2, 0) is 4.74 Å². The third-order valence-corrected chi connectivity index (χ3v) is 4.77. The lowest BCUT2D eigenvalue weighted by atomic mass is 9.98. The normalized spacial score (nSPS) is 12.6. The third-order valence-electron chi connectivity index (χ3n) is 4.77. The standard InChI is InChI=1S/C23H21N3O2/c1-16-13-24-14-17(26-16)7-6-12-25-23(27)28-15-22-20-10-4-2-8-18(20)19-9-3-5-11-21(19)22/h2-11,13-14,22H,12,15H2,1H3,(H,25,27). The Morgan fingerprint density at radius 2 is 1.75 bits per heavy atom. The Morgan fingerprint density at radius 3 is 2.43 bits per heavy atom. The summed E-state index contributed by atoms with van der Waals surface area (Å²) >= 11 is 0. The van der Waals surface area contributed by atoms with E-state index in [9.17, 15) is 4.79 Å². The number of benzene rings is 2. The Bertz CT molecular complexity index is 984. The summed E-state index contributed by atoms with van der Waals surface area (Å²) in [4.78, 5) is 20.5. The van der Waals surface area contributed by atoms with Gasteiger partial charge in [0, 0.05) is 18.7 Å². The fourth-order valence-electron chi connectivity index (χ4n) is 3.53. The van der Waals surface area contributed by atoms with E-state index in [2.05, 4.69) is 39.6 Å². The Kier molecular flexibility index (Phi) is 5.15. The fourth-order valence-corrected chi connectivity index (χ4v) is 3.53. The van der Waals surface area contributed by atoms with Crippen molar-refractivity contribution in [2.24, 2.45) is 0 Å². The Morgan fingerprint density at radius 1 is 1.07 bits per heavy atom. The van der Waals surface area contributed by atoms with Gasteiger partial charge < -0.3 is 10.1 Å². The minimum atomic E-state index is -0.429. The van der Waals surface area contributed by atoms with Crippen molar-refractivity contribution in [3.8, 4) is 11.1 Å². The molecular weight excluding hydrogens is 350 g/mol. The number of nitrogens with one attached hydrogen (secondary N) is 1. The van der Waals surface area contributed by atoms with E-state index >= 15 is 0 Å². The lowest BCUT2D eigenvalue weighted by Gasteiger charge is -2.14. The molecule has 5 nitrogen and oxygen atoms in total. The average Bonchev–Trinajstić information content (AvgIpc) is 3.04. The van der Waals surface area contributed by atoms with Crippen LogP contribution in [0.3, 0.4) is 0 Å². The minimum absolute atomic E-state index is 0.0660. The summed E-state index contributed by atoms with van der Waals surface area (Å²) in [5.74, 6) is 0.0660. The summed E-state index contributed by atoms with van der Waals surface area (Å²) < 4.78 is 5.50. The SMILES string of the molecule is Cc1cncc(C=CCNC(=O)OCC2c3ccccc3-c3ccccc32)n1. The van der Waals surface area contributed by atoms with Crippen LogP contribution in [0.5, 0.6) is 0 Å². The van der Waals surface area contributed by atoms with Gasteiger partial charge in [0.2, 0.25) is 0 Å². The zero-order chi connectivity index (χ0) is 19.3. The average molecular weight is 371 g/mol. The smallest absolute Gasteiger partial charge is 0.407 e. The second-order valence-electron chi connectivity index (χ2n) is 6.69. The molecule has 0 aliphatic heterocycles. The van der Waals surface area contributed by atoms with Crippen molar-refractivity contribution >= 4 is 12.2 Å². The van der Waals surface area contributed by atoms with Gasteiger partial charge in [-0.05, 0) is 35.3 Å². The highest BCUT2D eigenvalue weighted by atomic mass is 16.5. The number of alkyl carbamates (subject to hydrolysis) is 1. The molecule has 0 saturated carbocycles. The molecule has 5 heteroatoms. The number of fused-ring (bicyclic) bond motifs is 3. The maximum absolute atomic E-state index is 12.1. The number of hydrogen-bond acceptors (Lipinski definition) is 4. The highest BCUT2D eigenvalue weighted by molar-refractivity contribution is 5.79. The van der Waals surface area contributed by atoms with E-state index in [0.29, 0.717) is 13.2 Å². The molecule has 1 N–H and O–H groups in total. The van der Waals surface area contributed by atoms with Gasteiger partial charge >= 0.3 is 6.09 Å². The van der Waals surface area contributed by atoms with E-state index < -0.39 is 6.09 Å². The second kappa shape index (κ2) is 8.05. The topological polar surface area (TPSA) is 64.1 Å². The number of carbonyl (C=O) groups is 1. The number of carbonyl (C=O) groups excluding carboxylic acids is 1. The molecule has 0 saturated heterocycles. The molecule has 0 spiro atoms. The van der Waals surface area contributed by atoms with Gasteiger partial charge in [-0.2, -0.15) is 0 Å². The first-order chi connectivity index (χ1) is 13.7. The van der Waals surface area contributed by atoms with Crippen molar-refractivity contribution < 1.29 is 9.53 Å². The van der Waals surface area contributed by atoms with E-state index in [1.165, 1.54) is 22.3 Å². The van der Waals surface area contributed by atoms with E-state index in [4.69, 9.17) is 4.74 Å². The monoisotopic (exact) mass is 371 g/mol. The molecule has 3 aromatic rings. The maximum atomic E-state index is 12.1. The summed E-state index contributed by atoms with van der Waals surface area (Å²) in [6.07, 6.45) is 6.60. The molecule has 140 valence electrons. The van der Waals surface area contributed by atoms with Gasteiger partial charge in [0.25, 0.3) is 0 Å². The van der Waals surface area contributed by atoms with Crippen molar-refractivity contribution in [1.29, 1.82) is 0 Å². The van der Waals surface area contributed by atoms with Crippen LogP contribution in [0.25, 0.3) is 17.2 Å². The molecule has 1 aliphatic rings. The zero-order valence-electron chi connectivity index (χ0n) is 15.6. The largest absolute Gasteiger partial charge is 0.449 e. The quantitative estimate of drug-likeness (QED) is 0.725. The van der Waals surface area contributed by atoms with Crippen molar-refractivity contribution in [2.45, 2.75) is 12.8 Å². The van der Waals surface area contributed by atoms with Crippen molar-refractivity contribution in [3.63, 3.8) is 0 Å². The van der Waals surface area contributed by atoms with Crippen molar-refractivity contribution in [1.82, 2.24) is 15.3 Å². The number of hydrogen-bond donors (Lipinski definition) is 1. The molecule has 2 aromatic carbocycles. The maximum Gasteiger partial charge on any atom is 0.407 e. The van der Waals surface area contributed by atoms with Crippen LogP contribution in [0.1, 0.15) is 28.4 Å². The summed E-state index contributed by atoms with van der Waals surface area (Å²) in [5, 5.41) is 2.74. The molecule has 1 heterocycles. The second-order valence-corrected chi connectivity index (χ2v) is 6.69. The van der Waals surface area contributed by atoms with Crippen LogP contribution in [-0.4, -0.2) is 29.2 Å². The van der Waals surface area contributed by atoms with Crippen LogP contribution < -0.4 is 5.32 Å². The van der Waals surface area contributed by atoms with Crippen LogP contribution in [0.15, 0.2) is 67.0 Å².